The van der Waals surface area contributed by atoms with Gasteiger partial charge in [0.1, 0.15) is 0 Å². The smallest absolute Gasteiger partial charge is 0.317 e. The minimum Gasteiger partial charge on any atom is -0.317 e. The molecule has 4 rings (SSSR count). The van der Waals surface area contributed by atoms with E-state index in [0.29, 0.717) is 0 Å². The maximum Gasteiger partial charge on any atom is 0.339 e. The molecule has 3 aromatic carbocycles. The van der Waals surface area contributed by atoms with Gasteiger partial charge in [0, 0.05) is 28.0 Å². The van der Waals surface area contributed by atoms with E-state index in [1.165, 1.54) is 10.8 Å². The van der Waals surface area contributed by atoms with E-state index in [4.69, 9.17) is 0 Å². The summed E-state index contributed by atoms with van der Waals surface area (Å²) in [5.74, 6) is 0. The van der Waals surface area contributed by atoms with Crippen molar-refractivity contribution >= 4 is 28.7 Å². The predicted octanol–water partition coefficient (Wildman–Crippen LogP) is 5.71. The van der Waals surface area contributed by atoms with E-state index in [9.17, 15) is 4.79 Å². The van der Waals surface area contributed by atoms with Gasteiger partial charge in [-0.05, 0) is 49.9 Å². The first kappa shape index (κ1) is 19.5. The minimum atomic E-state index is -0.372. The van der Waals surface area contributed by atoms with Crippen LogP contribution in [0.15, 0.2) is 77.9 Å². The predicted molar refractivity (Wildman–Crippen MR) is 124 cm³/mol. The monoisotopic (exact) mass is 396 g/mol. The zero-order valence-corrected chi connectivity index (χ0v) is 17.3. The fourth-order valence-corrected chi connectivity index (χ4v) is 3.72. The van der Waals surface area contributed by atoms with Gasteiger partial charge in [0.15, 0.2) is 0 Å². The van der Waals surface area contributed by atoms with Crippen LogP contribution in [0.1, 0.15) is 22.5 Å². The van der Waals surface area contributed by atoms with Gasteiger partial charge >= 0.3 is 6.03 Å². The third-order valence-electron chi connectivity index (χ3n) is 5.24. The number of hydrogen-bond donors (Lipinski definition) is 2. The first-order valence-corrected chi connectivity index (χ1v) is 9.87. The molecule has 1 heterocycles. The normalized spacial score (nSPS) is 11.2. The molecule has 0 aliphatic rings. The van der Waals surface area contributed by atoms with Crippen molar-refractivity contribution in [1.29, 1.82) is 0 Å². The third kappa shape index (κ3) is 3.82. The molecule has 0 aliphatic carbocycles. The SMILES string of the molecule is Cc1ccccc1NC(=O)NN=Cc1cc(C)n(-c2cccc3ccccc23)c1C. The summed E-state index contributed by atoms with van der Waals surface area (Å²) in [5, 5.41) is 9.34. The average molecular weight is 396 g/mol. The Kier molecular flexibility index (Phi) is 5.35. The van der Waals surface area contributed by atoms with E-state index in [-0.39, 0.29) is 6.03 Å². The molecule has 2 amide bonds. The second-order valence-electron chi connectivity index (χ2n) is 7.30. The number of hydrogen-bond acceptors (Lipinski definition) is 2. The van der Waals surface area contributed by atoms with Crippen molar-refractivity contribution in [2.45, 2.75) is 20.8 Å². The molecule has 5 heteroatoms. The van der Waals surface area contributed by atoms with Crippen LogP contribution in [-0.2, 0) is 0 Å². The lowest BCUT2D eigenvalue weighted by Crippen LogP contribution is -2.24. The van der Waals surface area contributed by atoms with Gasteiger partial charge < -0.3 is 9.88 Å². The third-order valence-corrected chi connectivity index (χ3v) is 5.24. The zero-order valence-electron chi connectivity index (χ0n) is 17.3. The molecule has 2 N–H and O–H groups in total. The lowest BCUT2D eigenvalue weighted by atomic mass is 10.1. The Labute approximate surface area is 176 Å². The van der Waals surface area contributed by atoms with Crippen molar-refractivity contribution in [3.63, 3.8) is 0 Å². The molecular formula is C25H24N4O. The molecule has 1 aromatic heterocycles. The highest BCUT2D eigenvalue weighted by molar-refractivity contribution is 5.92. The number of nitrogens with one attached hydrogen (secondary N) is 2. The quantitative estimate of drug-likeness (QED) is 0.337. The van der Waals surface area contributed by atoms with Gasteiger partial charge in [-0.15, -0.1) is 0 Å². The molecule has 150 valence electrons. The molecule has 4 aromatic rings. The summed E-state index contributed by atoms with van der Waals surface area (Å²) in [7, 11) is 0. The highest BCUT2D eigenvalue weighted by Crippen LogP contribution is 2.26. The van der Waals surface area contributed by atoms with E-state index in [1.54, 1.807) is 6.21 Å². The van der Waals surface area contributed by atoms with Crippen LogP contribution in [0.3, 0.4) is 0 Å². The van der Waals surface area contributed by atoms with Gasteiger partial charge in [0.2, 0.25) is 0 Å². The molecule has 0 saturated heterocycles. The maximum absolute atomic E-state index is 12.1. The van der Waals surface area contributed by atoms with Crippen LogP contribution < -0.4 is 10.7 Å². The summed E-state index contributed by atoms with van der Waals surface area (Å²) in [4.78, 5) is 12.1. The van der Waals surface area contributed by atoms with Crippen LogP contribution in [0.4, 0.5) is 10.5 Å². The number of anilines is 1. The zero-order chi connectivity index (χ0) is 21.1. The highest BCUT2D eigenvalue weighted by Gasteiger charge is 2.12. The van der Waals surface area contributed by atoms with Crippen molar-refractivity contribution < 1.29 is 4.79 Å². The van der Waals surface area contributed by atoms with Gasteiger partial charge in [-0.2, -0.15) is 5.10 Å². The van der Waals surface area contributed by atoms with Gasteiger partial charge in [0.05, 0.1) is 11.9 Å². The van der Waals surface area contributed by atoms with Gasteiger partial charge in [0.25, 0.3) is 0 Å². The number of carbonyl (C=O) groups is 1. The summed E-state index contributed by atoms with van der Waals surface area (Å²) in [6, 6.07) is 24.0. The van der Waals surface area contributed by atoms with Gasteiger partial charge in [-0.25, -0.2) is 10.2 Å². The minimum absolute atomic E-state index is 0.372. The Hall–Kier alpha value is -3.86. The number of aromatic nitrogens is 1. The van der Waals surface area contributed by atoms with Crippen LogP contribution in [0, 0.1) is 20.8 Å². The van der Waals surface area contributed by atoms with E-state index in [0.717, 1.165) is 33.9 Å². The molecule has 5 nitrogen and oxygen atoms in total. The number of carbonyl (C=O) groups excluding carboxylic acids is 1. The molecule has 0 radical (unpaired) electrons. The second kappa shape index (κ2) is 8.25. The van der Waals surface area contributed by atoms with E-state index >= 15 is 0 Å². The number of hydrazone groups is 1. The number of amides is 2. The maximum atomic E-state index is 12.1. The first-order chi connectivity index (χ1) is 14.5. The molecule has 0 atom stereocenters. The molecule has 0 aliphatic heterocycles. The summed E-state index contributed by atoms with van der Waals surface area (Å²) >= 11 is 0. The fourth-order valence-electron chi connectivity index (χ4n) is 3.72. The molecule has 0 saturated carbocycles. The number of benzene rings is 3. The molecule has 30 heavy (non-hydrogen) atoms. The van der Waals surface area contributed by atoms with E-state index in [1.807, 2.05) is 37.3 Å². The number of fused-ring (bicyclic) bond motifs is 1. The van der Waals surface area contributed by atoms with Crippen LogP contribution in [0.2, 0.25) is 0 Å². The Morgan fingerprint density at radius 2 is 1.67 bits per heavy atom. The second-order valence-corrected chi connectivity index (χ2v) is 7.30. The van der Waals surface area contributed by atoms with Crippen molar-refractivity contribution in [3.05, 3.63) is 95.3 Å². The Balaban J connectivity index is 1.55. The molecule has 0 bridgehead atoms. The molecule has 0 unspecified atom stereocenters. The van der Waals surface area contributed by atoms with Crippen molar-refractivity contribution in [2.24, 2.45) is 5.10 Å². The Morgan fingerprint density at radius 3 is 2.50 bits per heavy atom. The number of aryl methyl sites for hydroxylation is 2. The number of urea groups is 1. The summed E-state index contributed by atoms with van der Waals surface area (Å²) in [6.45, 7) is 6.08. The largest absolute Gasteiger partial charge is 0.339 e. The number of nitrogens with zero attached hydrogens (tertiary/aromatic N) is 2. The number of rotatable bonds is 4. The van der Waals surface area contributed by atoms with Gasteiger partial charge in [-0.3, -0.25) is 0 Å². The topological polar surface area (TPSA) is 58.4 Å². The molecule has 0 spiro atoms. The molecule has 0 fully saturated rings. The van der Waals surface area contributed by atoms with Gasteiger partial charge in [-0.1, -0.05) is 54.6 Å². The van der Waals surface area contributed by atoms with E-state index in [2.05, 4.69) is 76.7 Å². The van der Waals surface area contributed by atoms with Crippen LogP contribution in [0.5, 0.6) is 0 Å². The summed E-state index contributed by atoms with van der Waals surface area (Å²) < 4.78 is 2.22. The highest BCUT2D eigenvalue weighted by atomic mass is 16.2. The van der Waals surface area contributed by atoms with E-state index < -0.39 is 0 Å². The Morgan fingerprint density at radius 1 is 0.933 bits per heavy atom. The van der Waals surface area contributed by atoms with Crippen LogP contribution >= 0.6 is 0 Å². The lowest BCUT2D eigenvalue weighted by molar-refractivity contribution is 0.252. The van der Waals surface area contributed by atoms with Crippen molar-refractivity contribution in [3.8, 4) is 5.69 Å². The Bertz CT molecular complexity index is 1250. The van der Waals surface area contributed by atoms with Crippen LogP contribution in [-0.4, -0.2) is 16.8 Å². The molecular weight excluding hydrogens is 372 g/mol. The standard InChI is InChI=1S/C25H24N4O/c1-17-9-4-7-13-23(17)27-25(30)28-26-16-21-15-18(2)29(19(21)3)24-14-8-11-20-10-5-6-12-22(20)24/h4-16H,1-3H3,(H2,27,28,30). The fraction of sp³-hybridized carbons (Fsp3) is 0.120. The van der Waals surface area contributed by atoms with Crippen LogP contribution in [0.25, 0.3) is 16.5 Å². The summed E-state index contributed by atoms with van der Waals surface area (Å²) in [6.07, 6.45) is 1.68. The van der Waals surface area contributed by atoms with Crippen molar-refractivity contribution in [1.82, 2.24) is 9.99 Å². The summed E-state index contributed by atoms with van der Waals surface area (Å²) in [5.41, 5.74) is 8.56. The van der Waals surface area contributed by atoms with Crippen molar-refractivity contribution in [2.75, 3.05) is 5.32 Å². The lowest BCUT2D eigenvalue weighted by Gasteiger charge is -2.13. The average Bonchev–Trinajstić information content (AvgIpc) is 3.02. The first-order valence-electron chi connectivity index (χ1n) is 9.87. The number of para-hydroxylation sites is 1.